The van der Waals surface area contributed by atoms with Gasteiger partial charge in [0.25, 0.3) is 5.91 Å². The molecule has 0 unspecified atom stereocenters. The number of benzene rings is 2. The molecule has 4 rings (SSSR count). The highest BCUT2D eigenvalue weighted by atomic mass is 32.1. The van der Waals surface area contributed by atoms with E-state index in [-0.39, 0.29) is 5.91 Å². The van der Waals surface area contributed by atoms with Gasteiger partial charge in [-0.05, 0) is 32.0 Å². The zero-order valence-corrected chi connectivity index (χ0v) is 17.5. The molecule has 2 heterocycles. The number of esters is 1. The summed E-state index contributed by atoms with van der Waals surface area (Å²) in [6.07, 6.45) is 0. The van der Waals surface area contributed by atoms with E-state index in [1.807, 2.05) is 55.5 Å². The van der Waals surface area contributed by atoms with Gasteiger partial charge < -0.3 is 4.74 Å². The standard InChI is InChI=1S/C23H19N3O3S/c1-13-7-6-8-15(11-13)19-12-17(16-9-4-5-10-18(16)25-19)21(27)26-23-24-14(2)20(30-23)22(28)29-3/h4-12H,1-3H3,(H,24,26,27). The lowest BCUT2D eigenvalue weighted by Crippen LogP contribution is -2.13. The Morgan fingerprint density at radius 2 is 1.80 bits per heavy atom. The van der Waals surface area contributed by atoms with Crippen molar-refractivity contribution < 1.29 is 14.3 Å². The van der Waals surface area contributed by atoms with Gasteiger partial charge in [0.1, 0.15) is 4.88 Å². The lowest BCUT2D eigenvalue weighted by Gasteiger charge is -2.10. The van der Waals surface area contributed by atoms with E-state index in [0.717, 1.165) is 33.4 Å². The molecule has 6 nitrogen and oxygen atoms in total. The number of rotatable bonds is 4. The number of para-hydroxylation sites is 1. The molecule has 4 aromatic rings. The summed E-state index contributed by atoms with van der Waals surface area (Å²) < 4.78 is 4.76. The molecule has 150 valence electrons. The molecule has 1 amide bonds. The molecule has 1 N–H and O–H groups in total. The molecule has 0 atom stereocenters. The van der Waals surface area contributed by atoms with Crippen molar-refractivity contribution in [2.24, 2.45) is 0 Å². The number of amides is 1. The molecular weight excluding hydrogens is 398 g/mol. The van der Waals surface area contributed by atoms with Crippen molar-refractivity contribution in [3.63, 3.8) is 0 Å². The van der Waals surface area contributed by atoms with E-state index < -0.39 is 5.97 Å². The Hall–Kier alpha value is -3.58. The van der Waals surface area contributed by atoms with E-state index in [4.69, 9.17) is 9.72 Å². The van der Waals surface area contributed by atoms with Crippen LogP contribution in [0.1, 0.15) is 31.3 Å². The summed E-state index contributed by atoms with van der Waals surface area (Å²) in [5.74, 6) is -0.783. The van der Waals surface area contributed by atoms with E-state index in [2.05, 4.69) is 10.3 Å². The average Bonchev–Trinajstić information content (AvgIpc) is 3.12. The zero-order chi connectivity index (χ0) is 21.3. The summed E-state index contributed by atoms with van der Waals surface area (Å²) in [6, 6.07) is 17.3. The first-order valence-corrected chi connectivity index (χ1v) is 10.1. The molecule has 30 heavy (non-hydrogen) atoms. The molecule has 0 fully saturated rings. The topological polar surface area (TPSA) is 81.2 Å². The first-order valence-electron chi connectivity index (χ1n) is 9.30. The molecular formula is C23H19N3O3S. The van der Waals surface area contributed by atoms with Crippen molar-refractivity contribution in [1.82, 2.24) is 9.97 Å². The number of aromatic nitrogens is 2. The fourth-order valence-electron chi connectivity index (χ4n) is 3.21. The number of carbonyl (C=O) groups excluding carboxylic acids is 2. The molecule has 0 saturated heterocycles. The SMILES string of the molecule is COC(=O)c1sc(NC(=O)c2cc(-c3cccc(C)c3)nc3ccccc23)nc1C. The minimum atomic E-state index is -0.471. The number of pyridine rings is 1. The molecule has 0 spiro atoms. The van der Waals surface area contributed by atoms with Crippen LogP contribution in [-0.2, 0) is 4.74 Å². The van der Waals surface area contributed by atoms with Crippen LogP contribution in [0.15, 0.2) is 54.6 Å². The van der Waals surface area contributed by atoms with Gasteiger partial charge in [0.2, 0.25) is 0 Å². The van der Waals surface area contributed by atoms with Crippen LogP contribution in [0.3, 0.4) is 0 Å². The lowest BCUT2D eigenvalue weighted by molar-refractivity contribution is 0.0605. The molecule has 7 heteroatoms. The highest BCUT2D eigenvalue weighted by Gasteiger charge is 2.19. The maximum Gasteiger partial charge on any atom is 0.350 e. The zero-order valence-electron chi connectivity index (χ0n) is 16.7. The molecule has 0 radical (unpaired) electrons. The largest absolute Gasteiger partial charge is 0.465 e. The number of nitrogens with one attached hydrogen (secondary N) is 1. The van der Waals surface area contributed by atoms with Crippen molar-refractivity contribution >= 4 is 39.2 Å². The molecule has 0 saturated carbocycles. The number of hydrogen-bond donors (Lipinski definition) is 1. The Bertz CT molecular complexity index is 1280. The number of hydrogen-bond acceptors (Lipinski definition) is 6. The first kappa shape index (κ1) is 19.7. The van der Waals surface area contributed by atoms with Crippen LogP contribution < -0.4 is 5.32 Å². The van der Waals surface area contributed by atoms with Gasteiger partial charge in [0, 0.05) is 10.9 Å². The quantitative estimate of drug-likeness (QED) is 0.472. The van der Waals surface area contributed by atoms with E-state index in [1.54, 1.807) is 13.0 Å². The van der Waals surface area contributed by atoms with Crippen LogP contribution in [0, 0.1) is 13.8 Å². The van der Waals surface area contributed by atoms with Gasteiger partial charge >= 0.3 is 5.97 Å². The average molecular weight is 417 g/mol. The van der Waals surface area contributed by atoms with Crippen LogP contribution >= 0.6 is 11.3 Å². The second-order valence-electron chi connectivity index (χ2n) is 6.82. The fourth-order valence-corrected chi connectivity index (χ4v) is 4.09. The summed E-state index contributed by atoms with van der Waals surface area (Å²) in [6.45, 7) is 3.72. The summed E-state index contributed by atoms with van der Waals surface area (Å²) in [5, 5.41) is 3.90. The second kappa shape index (κ2) is 8.04. The second-order valence-corrected chi connectivity index (χ2v) is 7.82. The van der Waals surface area contributed by atoms with Crippen LogP contribution in [-0.4, -0.2) is 29.0 Å². The van der Waals surface area contributed by atoms with E-state index in [1.165, 1.54) is 7.11 Å². The Kier molecular flexibility index (Phi) is 5.29. The van der Waals surface area contributed by atoms with Crippen LogP contribution in [0.25, 0.3) is 22.2 Å². The highest BCUT2D eigenvalue weighted by molar-refractivity contribution is 7.17. The number of fused-ring (bicyclic) bond motifs is 1. The molecule has 2 aromatic heterocycles. The number of carbonyl (C=O) groups is 2. The summed E-state index contributed by atoms with van der Waals surface area (Å²) in [4.78, 5) is 34.4. The fraction of sp³-hybridized carbons (Fsp3) is 0.130. The Labute approximate surface area is 177 Å². The van der Waals surface area contributed by atoms with Crippen molar-refractivity contribution in [2.75, 3.05) is 12.4 Å². The third-order valence-electron chi connectivity index (χ3n) is 4.66. The number of thiazole rings is 1. The van der Waals surface area contributed by atoms with Gasteiger partial charge in [-0.2, -0.15) is 0 Å². The number of aryl methyl sites for hydroxylation is 2. The third kappa shape index (κ3) is 3.79. The Balaban J connectivity index is 1.76. The van der Waals surface area contributed by atoms with Crippen molar-refractivity contribution in [2.45, 2.75) is 13.8 Å². The Morgan fingerprint density at radius 3 is 2.57 bits per heavy atom. The van der Waals surface area contributed by atoms with Gasteiger partial charge in [0.15, 0.2) is 5.13 Å². The summed E-state index contributed by atoms with van der Waals surface area (Å²) in [7, 11) is 1.32. The predicted molar refractivity (Wildman–Crippen MR) is 118 cm³/mol. The Morgan fingerprint density at radius 1 is 1.00 bits per heavy atom. The number of nitrogens with zero attached hydrogens (tertiary/aromatic N) is 2. The van der Waals surface area contributed by atoms with Gasteiger partial charge in [0.05, 0.1) is 29.6 Å². The minimum Gasteiger partial charge on any atom is -0.465 e. The van der Waals surface area contributed by atoms with Gasteiger partial charge in [-0.15, -0.1) is 0 Å². The minimum absolute atomic E-state index is 0.312. The summed E-state index contributed by atoms with van der Waals surface area (Å²) in [5.41, 5.74) is 4.50. The van der Waals surface area contributed by atoms with Gasteiger partial charge in [-0.25, -0.2) is 14.8 Å². The van der Waals surface area contributed by atoms with Crippen molar-refractivity contribution in [1.29, 1.82) is 0 Å². The molecule has 0 aliphatic rings. The van der Waals surface area contributed by atoms with Gasteiger partial charge in [-0.3, -0.25) is 10.1 Å². The number of anilines is 1. The number of methoxy groups -OCH3 is 1. The summed E-state index contributed by atoms with van der Waals surface area (Å²) >= 11 is 1.09. The van der Waals surface area contributed by atoms with E-state index in [9.17, 15) is 9.59 Å². The van der Waals surface area contributed by atoms with E-state index in [0.29, 0.717) is 27.0 Å². The normalized spacial score (nSPS) is 10.8. The van der Waals surface area contributed by atoms with Crippen LogP contribution in [0.4, 0.5) is 5.13 Å². The highest BCUT2D eigenvalue weighted by Crippen LogP contribution is 2.28. The maximum absolute atomic E-state index is 13.2. The predicted octanol–water partition coefficient (Wildman–Crippen LogP) is 5.01. The van der Waals surface area contributed by atoms with Crippen LogP contribution in [0.5, 0.6) is 0 Å². The smallest absolute Gasteiger partial charge is 0.350 e. The first-order chi connectivity index (χ1) is 14.5. The molecule has 2 aromatic carbocycles. The van der Waals surface area contributed by atoms with Crippen LogP contribution in [0.2, 0.25) is 0 Å². The molecule has 0 bridgehead atoms. The van der Waals surface area contributed by atoms with E-state index >= 15 is 0 Å². The van der Waals surface area contributed by atoms with Gasteiger partial charge in [-0.1, -0.05) is 53.3 Å². The third-order valence-corrected chi connectivity index (χ3v) is 5.72. The molecule has 0 aliphatic heterocycles. The number of ether oxygens (including phenoxy) is 1. The maximum atomic E-state index is 13.2. The monoisotopic (exact) mass is 417 g/mol. The van der Waals surface area contributed by atoms with Crippen molar-refractivity contribution in [3.05, 3.63) is 76.3 Å². The lowest BCUT2D eigenvalue weighted by atomic mass is 10.0. The van der Waals surface area contributed by atoms with Crippen molar-refractivity contribution in [3.8, 4) is 11.3 Å². The molecule has 0 aliphatic carbocycles.